The van der Waals surface area contributed by atoms with Gasteiger partial charge in [0, 0.05) is 11.6 Å². The molecule has 0 bridgehead atoms. The van der Waals surface area contributed by atoms with Crippen LogP contribution in [0.1, 0.15) is 0 Å². The van der Waals surface area contributed by atoms with Crippen molar-refractivity contribution in [3.63, 3.8) is 0 Å². The molecular formula is C22H19N3O6. The summed E-state index contributed by atoms with van der Waals surface area (Å²) in [7, 11) is 0. The molecule has 0 fully saturated rings. The molecule has 0 saturated carbocycles. The summed E-state index contributed by atoms with van der Waals surface area (Å²) in [6.07, 6.45) is 0. The van der Waals surface area contributed by atoms with E-state index in [4.69, 9.17) is 9.47 Å². The molecule has 0 saturated heterocycles. The van der Waals surface area contributed by atoms with E-state index in [1.165, 1.54) is 24.3 Å². The second-order valence-electron chi connectivity index (χ2n) is 6.29. The van der Waals surface area contributed by atoms with Gasteiger partial charge in [-0.15, -0.1) is 0 Å². The van der Waals surface area contributed by atoms with Crippen LogP contribution in [0.2, 0.25) is 0 Å². The molecule has 0 atom stereocenters. The van der Waals surface area contributed by atoms with Crippen molar-refractivity contribution in [1.29, 1.82) is 0 Å². The number of nitro groups is 1. The minimum absolute atomic E-state index is 0.154. The zero-order valence-corrected chi connectivity index (χ0v) is 16.3. The minimum Gasteiger partial charge on any atom is -0.483 e. The molecule has 3 aromatic carbocycles. The summed E-state index contributed by atoms with van der Waals surface area (Å²) in [5.74, 6) is -0.503. The third-order valence-electron chi connectivity index (χ3n) is 4.07. The SMILES string of the molecule is O=C(COc1cccc([N+](=O)[O-])c1)NNC(=O)COc1ccccc1-c1ccccc1. The van der Waals surface area contributed by atoms with E-state index in [1.807, 2.05) is 42.5 Å². The maximum Gasteiger partial charge on any atom is 0.276 e. The number of non-ortho nitro benzene ring substituents is 1. The van der Waals surface area contributed by atoms with E-state index >= 15 is 0 Å². The third-order valence-corrected chi connectivity index (χ3v) is 4.07. The number of carbonyl (C=O) groups is 2. The van der Waals surface area contributed by atoms with Gasteiger partial charge in [-0.2, -0.15) is 0 Å². The molecule has 0 spiro atoms. The molecule has 2 N–H and O–H groups in total. The number of nitrogens with one attached hydrogen (secondary N) is 2. The highest BCUT2D eigenvalue weighted by Gasteiger charge is 2.11. The average molecular weight is 421 g/mol. The highest BCUT2D eigenvalue weighted by Crippen LogP contribution is 2.29. The largest absolute Gasteiger partial charge is 0.483 e. The zero-order chi connectivity index (χ0) is 22.1. The Labute approximate surface area is 177 Å². The van der Waals surface area contributed by atoms with E-state index in [2.05, 4.69) is 10.9 Å². The molecule has 0 aromatic heterocycles. The van der Waals surface area contributed by atoms with Gasteiger partial charge in [0.25, 0.3) is 17.5 Å². The number of nitro benzene ring substituents is 1. The van der Waals surface area contributed by atoms with Crippen LogP contribution in [0.25, 0.3) is 11.1 Å². The maximum atomic E-state index is 12.0. The molecule has 31 heavy (non-hydrogen) atoms. The van der Waals surface area contributed by atoms with Crippen molar-refractivity contribution in [2.45, 2.75) is 0 Å². The van der Waals surface area contributed by atoms with Crippen LogP contribution in [0, 0.1) is 10.1 Å². The van der Waals surface area contributed by atoms with Gasteiger partial charge in [0.05, 0.1) is 11.0 Å². The molecule has 0 aliphatic carbocycles. The number of carbonyl (C=O) groups excluding carboxylic acids is 2. The molecule has 9 heteroatoms. The van der Waals surface area contributed by atoms with E-state index < -0.39 is 23.3 Å². The fraction of sp³-hybridized carbons (Fsp3) is 0.0909. The topological polar surface area (TPSA) is 120 Å². The molecule has 0 unspecified atom stereocenters. The smallest absolute Gasteiger partial charge is 0.276 e. The second-order valence-corrected chi connectivity index (χ2v) is 6.29. The number of ether oxygens (including phenoxy) is 2. The van der Waals surface area contributed by atoms with E-state index in [0.29, 0.717) is 5.75 Å². The molecule has 9 nitrogen and oxygen atoms in total. The molecule has 0 heterocycles. The summed E-state index contributed by atoms with van der Waals surface area (Å²) in [6, 6.07) is 22.3. The van der Waals surface area contributed by atoms with Crippen LogP contribution in [-0.2, 0) is 9.59 Å². The van der Waals surface area contributed by atoms with Crippen LogP contribution in [0.4, 0.5) is 5.69 Å². The van der Waals surface area contributed by atoms with Gasteiger partial charge in [0.2, 0.25) is 0 Å². The number of hydrogen-bond acceptors (Lipinski definition) is 6. The van der Waals surface area contributed by atoms with Gasteiger partial charge in [0.15, 0.2) is 13.2 Å². The number of benzene rings is 3. The predicted octanol–water partition coefficient (Wildman–Crippen LogP) is 2.87. The lowest BCUT2D eigenvalue weighted by Crippen LogP contribution is -2.45. The fourth-order valence-corrected chi connectivity index (χ4v) is 2.64. The Balaban J connectivity index is 1.45. The highest BCUT2D eigenvalue weighted by atomic mass is 16.6. The van der Waals surface area contributed by atoms with E-state index in [1.54, 1.807) is 12.1 Å². The Kier molecular flexibility index (Phi) is 7.15. The molecule has 158 valence electrons. The van der Waals surface area contributed by atoms with E-state index in [-0.39, 0.29) is 18.0 Å². The lowest BCUT2D eigenvalue weighted by Gasteiger charge is -2.12. The summed E-state index contributed by atoms with van der Waals surface area (Å²) in [6.45, 7) is -0.741. The standard InChI is InChI=1S/C22H19N3O6/c26-21(14-30-18-10-6-9-17(13-18)25(28)29)23-24-22(27)15-31-20-12-5-4-11-19(20)16-7-2-1-3-8-16/h1-13H,14-15H2,(H,23,26)(H,24,27). The van der Waals surface area contributed by atoms with Crippen LogP contribution in [0.15, 0.2) is 78.9 Å². The van der Waals surface area contributed by atoms with Gasteiger partial charge in [0.1, 0.15) is 11.5 Å². The first-order valence-electron chi connectivity index (χ1n) is 9.25. The van der Waals surface area contributed by atoms with Crippen molar-refractivity contribution in [3.8, 4) is 22.6 Å². The Morgan fingerprint density at radius 2 is 1.45 bits per heavy atom. The van der Waals surface area contributed by atoms with Crippen molar-refractivity contribution >= 4 is 17.5 Å². The van der Waals surface area contributed by atoms with Gasteiger partial charge in [-0.25, -0.2) is 0 Å². The fourth-order valence-electron chi connectivity index (χ4n) is 2.64. The zero-order valence-electron chi connectivity index (χ0n) is 16.3. The van der Waals surface area contributed by atoms with Crippen LogP contribution >= 0.6 is 0 Å². The van der Waals surface area contributed by atoms with Gasteiger partial charge in [-0.05, 0) is 17.7 Å². The van der Waals surface area contributed by atoms with Gasteiger partial charge in [-0.1, -0.05) is 54.6 Å². The third kappa shape index (κ3) is 6.29. The molecule has 3 rings (SSSR count). The molecule has 0 aliphatic rings. The van der Waals surface area contributed by atoms with Crippen molar-refractivity contribution in [1.82, 2.24) is 10.9 Å². The number of amides is 2. The number of hydrogen-bond donors (Lipinski definition) is 2. The number of hydrazine groups is 1. The first-order chi connectivity index (χ1) is 15.0. The Morgan fingerprint density at radius 1 is 0.806 bits per heavy atom. The number of nitrogens with zero attached hydrogens (tertiary/aromatic N) is 1. The van der Waals surface area contributed by atoms with E-state index in [9.17, 15) is 19.7 Å². The van der Waals surface area contributed by atoms with Gasteiger partial charge < -0.3 is 9.47 Å². The Hall–Kier alpha value is -4.40. The molecular weight excluding hydrogens is 402 g/mol. The molecule has 0 aliphatic heterocycles. The maximum absolute atomic E-state index is 12.0. The molecule has 0 radical (unpaired) electrons. The lowest BCUT2D eigenvalue weighted by atomic mass is 10.1. The lowest BCUT2D eigenvalue weighted by molar-refractivity contribution is -0.384. The van der Waals surface area contributed by atoms with Gasteiger partial charge in [-0.3, -0.25) is 30.6 Å². The second kappa shape index (κ2) is 10.4. The van der Waals surface area contributed by atoms with Crippen LogP contribution in [0.3, 0.4) is 0 Å². The van der Waals surface area contributed by atoms with Crippen LogP contribution in [-0.4, -0.2) is 30.0 Å². The van der Waals surface area contributed by atoms with Crippen molar-refractivity contribution in [3.05, 3.63) is 89.0 Å². The number of rotatable bonds is 8. The monoisotopic (exact) mass is 421 g/mol. The average Bonchev–Trinajstić information content (AvgIpc) is 2.81. The van der Waals surface area contributed by atoms with E-state index in [0.717, 1.165) is 11.1 Å². The summed E-state index contributed by atoms with van der Waals surface area (Å²) < 4.78 is 10.8. The number of para-hydroxylation sites is 1. The Bertz CT molecular complexity index is 1070. The normalized spacial score (nSPS) is 10.1. The summed E-state index contributed by atoms with van der Waals surface area (Å²) in [4.78, 5) is 34.0. The summed E-state index contributed by atoms with van der Waals surface area (Å²) >= 11 is 0. The summed E-state index contributed by atoms with van der Waals surface area (Å²) in [5.41, 5.74) is 6.06. The van der Waals surface area contributed by atoms with Gasteiger partial charge >= 0.3 is 0 Å². The minimum atomic E-state index is -0.635. The first-order valence-corrected chi connectivity index (χ1v) is 9.25. The quantitative estimate of drug-likeness (QED) is 0.426. The van der Waals surface area contributed by atoms with Crippen molar-refractivity contribution in [2.24, 2.45) is 0 Å². The Morgan fingerprint density at radius 3 is 2.16 bits per heavy atom. The highest BCUT2D eigenvalue weighted by molar-refractivity contribution is 5.83. The first kappa shape index (κ1) is 21.3. The molecule has 3 aromatic rings. The predicted molar refractivity (Wildman–Crippen MR) is 112 cm³/mol. The summed E-state index contributed by atoms with van der Waals surface area (Å²) in [5, 5.41) is 10.7. The van der Waals surface area contributed by atoms with Crippen LogP contribution < -0.4 is 20.3 Å². The molecule has 2 amide bonds. The van der Waals surface area contributed by atoms with Crippen molar-refractivity contribution in [2.75, 3.05) is 13.2 Å². The van der Waals surface area contributed by atoms with Crippen molar-refractivity contribution < 1.29 is 24.0 Å². The van der Waals surface area contributed by atoms with Crippen LogP contribution in [0.5, 0.6) is 11.5 Å².